The molecular weight excluding hydrogens is 155 g/mol. The quantitative estimate of drug-likeness (QED) is 0.605. The third-order valence-electron chi connectivity index (χ3n) is 1.58. The van der Waals surface area contributed by atoms with Gasteiger partial charge in [-0.2, -0.15) is 0 Å². The van der Waals surface area contributed by atoms with Crippen LogP contribution in [0.15, 0.2) is 24.3 Å². The summed E-state index contributed by atoms with van der Waals surface area (Å²) in [4.78, 5) is 0. The van der Waals surface area contributed by atoms with Crippen molar-refractivity contribution >= 4 is 9.52 Å². The van der Waals surface area contributed by atoms with Gasteiger partial charge in [-0.3, -0.25) is 0 Å². The predicted molar refractivity (Wildman–Crippen MR) is 46.5 cm³/mol. The normalized spacial score (nSPS) is 10.0. The summed E-state index contributed by atoms with van der Waals surface area (Å²) < 4.78 is 12.4. The molecule has 0 aliphatic rings. The van der Waals surface area contributed by atoms with Crippen LogP contribution in [0.2, 0.25) is 12.6 Å². The number of hydrogen-bond donors (Lipinski definition) is 0. The first-order valence-electron chi connectivity index (χ1n) is 3.72. The van der Waals surface area contributed by atoms with Gasteiger partial charge in [-0.25, -0.2) is 4.39 Å². The van der Waals surface area contributed by atoms with Crippen LogP contribution in [0, 0.1) is 5.82 Å². The second-order valence-electron chi connectivity index (χ2n) is 2.48. The van der Waals surface area contributed by atoms with E-state index in [0.717, 1.165) is 15.9 Å². The molecule has 0 spiro atoms. The molecule has 1 aromatic rings. The summed E-state index contributed by atoms with van der Waals surface area (Å²) in [5.74, 6) is -0.146. The Labute approximate surface area is 69.3 Å². The summed E-state index contributed by atoms with van der Waals surface area (Å²) in [7, 11) is 0.987. The second-order valence-corrected chi connectivity index (χ2v) is 3.69. The highest BCUT2D eigenvalue weighted by Crippen LogP contribution is 2.04. The minimum Gasteiger partial charge on any atom is -0.207 e. The van der Waals surface area contributed by atoms with Crippen molar-refractivity contribution in [2.45, 2.75) is 19.0 Å². The molecule has 0 nitrogen and oxygen atoms in total. The number of rotatable bonds is 3. The Morgan fingerprint density at radius 3 is 2.45 bits per heavy atom. The monoisotopic (exact) mass is 166 g/mol. The standard InChI is InChI=1S/C9H11FSi/c1-11-7-6-8-2-4-9(10)5-3-8/h2-5H,6-7H2,1H3. The second kappa shape index (κ2) is 4.29. The summed E-state index contributed by atoms with van der Waals surface area (Å²) in [5.41, 5.74) is 1.24. The first-order chi connectivity index (χ1) is 5.33. The number of aryl methyl sites for hydroxylation is 1. The van der Waals surface area contributed by atoms with Gasteiger partial charge in [-0.1, -0.05) is 24.7 Å². The van der Waals surface area contributed by atoms with Crippen molar-refractivity contribution in [1.82, 2.24) is 0 Å². The minimum atomic E-state index is -0.146. The van der Waals surface area contributed by atoms with E-state index in [1.165, 1.54) is 23.7 Å². The minimum absolute atomic E-state index is 0.146. The van der Waals surface area contributed by atoms with Gasteiger partial charge in [0.2, 0.25) is 0 Å². The summed E-state index contributed by atoms with van der Waals surface area (Å²) in [5, 5.41) is 0. The lowest BCUT2D eigenvalue weighted by Crippen LogP contribution is -1.88. The van der Waals surface area contributed by atoms with Crippen LogP contribution in [0.1, 0.15) is 5.56 Å². The Kier molecular flexibility index (Phi) is 3.30. The molecule has 0 bridgehead atoms. The zero-order chi connectivity index (χ0) is 8.10. The maximum Gasteiger partial charge on any atom is 0.123 e. The Bertz CT molecular complexity index is 205. The highest BCUT2D eigenvalue weighted by molar-refractivity contribution is 6.33. The van der Waals surface area contributed by atoms with Crippen molar-refractivity contribution in [3.8, 4) is 0 Å². The average molecular weight is 166 g/mol. The molecule has 2 radical (unpaired) electrons. The van der Waals surface area contributed by atoms with E-state index in [1.54, 1.807) is 0 Å². The van der Waals surface area contributed by atoms with E-state index < -0.39 is 0 Å². The molecule has 0 unspecified atom stereocenters. The van der Waals surface area contributed by atoms with Gasteiger partial charge in [0.05, 0.1) is 0 Å². The summed E-state index contributed by atoms with van der Waals surface area (Å²) >= 11 is 0. The fourth-order valence-electron chi connectivity index (χ4n) is 0.920. The van der Waals surface area contributed by atoms with Crippen molar-refractivity contribution < 1.29 is 4.39 Å². The van der Waals surface area contributed by atoms with Crippen molar-refractivity contribution in [1.29, 1.82) is 0 Å². The molecule has 0 heterocycles. The molecule has 1 aromatic carbocycles. The van der Waals surface area contributed by atoms with Gasteiger partial charge < -0.3 is 0 Å². The third-order valence-corrected chi connectivity index (χ3v) is 2.33. The largest absolute Gasteiger partial charge is 0.207 e. The molecule has 0 saturated carbocycles. The van der Waals surface area contributed by atoms with Crippen LogP contribution in [-0.2, 0) is 6.42 Å². The molecule has 1 rings (SSSR count). The molecular formula is C9H11FSi. The van der Waals surface area contributed by atoms with Gasteiger partial charge in [-0.15, -0.1) is 0 Å². The first-order valence-corrected chi connectivity index (χ1v) is 5.42. The Balaban J connectivity index is 2.52. The zero-order valence-electron chi connectivity index (χ0n) is 6.60. The van der Waals surface area contributed by atoms with Crippen LogP contribution in [0.3, 0.4) is 0 Å². The predicted octanol–water partition coefficient (Wildman–Crippen LogP) is 2.54. The molecule has 0 atom stereocenters. The molecule has 0 aliphatic heterocycles. The number of benzene rings is 1. The molecule has 2 heteroatoms. The topological polar surface area (TPSA) is 0 Å². The molecule has 0 N–H and O–H groups in total. The summed E-state index contributed by atoms with van der Waals surface area (Å²) in [6.45, 7) is 2.18. The highest BCUT2D eigenvalue weighted by atomic mass is 28.2. The molecule has 58 valence electrons. The maximum absolute atomic E-state index is 12.4. The molecule has 0 aromatic heterocycles. The Morgan fingerprint density at radius 2 is 1.91 bits per heavy atom. The van der Waals surface area contributed by atoms with Crippen LogP contribution < -0.4 is 0 Å². The molecule has 0 fully saturated rings. The molecule has 0 amide bonds. The smallest absolute Gasteiger partial charge is 0.123 e. The van der Waals surface area contributed by atoms with Crippen LogP contribution in [0.4, 0.5) is 4.39 Å². The van der Waals surface area contributed by atoms with Crippen LogP contribution in [0.5, 0.6) is 0 Å². The van der Waals surface area contributed by atoms with Crippen molar-refractivity contribution in [3.05, 3.63) is 35.6 Å². The lowest BCUT2D eigenvalue weighted by atomic mass is 10.2. The van der Waals surface area contributed by atoms with Crippen LogP contribution in [0.25, 0.3) is 0 Å². The molecule has 11 heavy (non-hydrogen) atoms. The van der Waals surface area contributed by atoms with Gasteiger partial charge >= 0.3 is 0 Å². The van der Waals surface area contributed by atoms with E-state index >= 15 is 0 Å². The van der Waals surface area contributed by atoms with E-state index in [4.69, 9.17) is 0 Å². The van der Waals surface area contributed by atoms with E-state index in [9.17, 15) is 4.39 Å². The Hall–Kier alpha value is -0.633. The SMILES string of the molecule is C[Si]CCc1ccc(F)cc1. The van der Waals surface area contributed by atoms with Crippen molar-refractivity contribution in [2.75, 3.05) is 0 Å². The summed E-state index contributed by atoms with van der Waals surface area (Å²) in [6.07, 6.45) is 1.08. The fourth-order valence-corrected chi connectivity index (χ4v) is 1.46. The van der Waals surface area contributed by atoms with Gasteiger partial charge in [0, 0.05) is 9.52 Å². The van der Waals surface area contributed by atoms with Crippen molar-refractivity contribution in [3.63, 3.8) is 0 Å². The van der Waals surface area contributed by atoms with Gasteiger partial charge in [0.15, 0.2) is 0 Å². The van der Waals surface area contributed by atoms with Crippen LogP contribution in [-0.4, -0.2) is 9.52 Å². The van der Waals surface area contributed by atoms with E-state index in [2.05, 4.69) is 6.55 Å². The molecule has 0 saturated heterocycles. The lowest BCUT2D eigenvalue weighted by Gasteiger charge is -1.97. The van der Waals surface area contributed by atoms with Crippen LogP contribution >= 0.6 is 0 Å². The number of hydrogen-bond acceptors (Lipinski definition) is 0. The van der Waals surface area contributed by atoms with E-state index in [0.29, 0.717) is 0 Å². The third kappa shape index (κ3) is 2.85. The molecule has 0 aliphatic carbocycles. The summed E-state index contributed by atoms with van der Waals surface area (Å²) in [6, 6.07) is 7.97. The maximum atomic E-state index is 12.4. The fraction of sp³-hybridized carbons (Fsp3) is 0.333. The Morgan fingerprint density at radius 1 is 1.27 bits per heavy atom. The van der Waals surface area contributed by atoms with Gasteiger partial charge in [0.25, 0.3) is 0 Å². The van der Waals surface area contributed by atoms with E-state index in [-0.39, 0.29) is 5.82 Å². The van der Waals surface area contributed by atoms with E-state index in [1.807, 2.05) is 12.1 Å². The highest BCUT2D eigenvalue weighted by Gasteiger charge is 1.92. The zero-order valence-corrected chi connectivity index (χ0v) is 7.60. The number of halogens is 1. The average Bonchev–Trinajstić information content (AvgIpc) is 2.04. The van der Waals surface area contributed by atoms with Gasteiger partial charge in [0.1, 0.15) is 5.82 Å². The first kappa shape index (κ1) is 8.46. The van der Waals surface area contributed by atoms with Gasteiger partial charge in [-0.05, 0) is 24.1 Å². The lowest BCUT2D eigenvalue weighted by molar-refractivity contribution is 0.627. The van der Waals surface area contributed by atoms with Crippen molar-refractivity contribution in [2.24, 2.45) is 0 Å².